The monoisotopic (exact) mass is 273 g/mol. The van der Waals surface area contributed by atoms with E-state index in [0.29, 0.717) is 5.92 Å². The van der Waals surface area contributed by atoms with Gasteiger partial charge in [-0.15, -0.1) is 12.4 Å². The van der Waals surface area contributed by atoms with Gasteiger partial charge in [-0.25, -0.2) is 0 Å². The Morgan fingerprint density at radius 2 is 2.28 bits per heavy atom. The van der Waals surface area contributed by atoms with Crippen molar-refractivity contribution >= 4 is 12.4 Å². The first kappa shape index (κ1) is 13.8. The molecule has 0 bridgehead atoms. The van der Waals surface area contributed by atoms with Crippen LogP contribution in [0.5, 0.6) is 0 Å². The molecule has 2 atom stereocenters. The molecule has 0 radical (unpaired) electrons. The first-order valence-corrected chi connectivity index (χ1v) is 6.45. The van der Waals surface area contributed by atoms with Crippen LogP contribution < -0.4 is 5.32 Å². The second kappa shape index (κ2) is 5.55. The standard InChI is InChI=1S/C12H19N3O2.ClH/c1-12(5-2-3-6-13-12)11-14-10(15-17-11)9-4-7-16-8-9;/h9,13H,2-8H2,1H3;1H. The van der Waals surface area contributed by atoms with Crippen LogP contribution in [0.1, 0.15) is 50.2 Å². The number of hydrogen-bond acceptors (Lipinski definition) is 5. The third-order valence-electron chi connectivity index (χ3n) is 3.83. The summed E-state index contributed by atoms with van der Waals surface area (Å²) in [5.74, 6) is 1.87. The van der Waals surface area contributed by atoms with E-state index >= 15 is 0 Å². The first-order chi connectivity index (χ1) is 8.28. The number of halogens is 1. The molecule has 1 aromatic rings. The van der Waals surface area contributed by atoms with E-state index in [4.69, 9.17) is 9.26 Å². The molecule has 5 nitrogen and oxygen atoms in total. The number of piperidine rings is 1. The molecule has 6 heteroatoms. The lowest BCUT2D eigenvalue weighted by Crippen LogP contribution is -2.43. The topological polar surface area (TPSA) is 60.2 Å². The normalized spacial score (nSPS) is 32.2. The molecule has 18 heavy (non-hydrogen) atoms. The molecule has 1 aromatic heterocycles. The molecule has 0 aromatic carbocycles. The Bertz CT molecular complexity index is 384. The quantitative estimate of drug-likeness (QED) is 0.893. The molecule has 0 aliphatic carbocycles. The van der Waals surface area contributed by atoms with Crippen LogP contribution in [0.15, 0.2) is 4.52 Å². The van der Waals surface area contributed by atoms with Gasteiger partial charge in [0.05, 0.1) is 12.1 Å². The molecule has 3 rings (SSSR count). The highest BCUT2D eigenvalue weighted by Crippen LogP contribution is 2.30. The molecule has 0 amide bonds. The Balaban J connectivity index is 0.00000120. The van der Waals surface area contributed by atoms with E-state index in [1.807, 2.05) is 0 Å². The van der Waals surface area contributed by atoms with Crippen molar-refractivity contribution in [3.63, 3.8) is 0 Å². The first-order valence-electron chi connectivity index (χ1n) is 6.45. The van der Waals surface area contributed by atoms with Crippen molar-refractivity contribution < 1.29 is 9.26 Å². The maximum Gasteiger partial charge on any atom is 0.246 e. The van der Waals surface area contributed by atoms with Crippen LogP contribution in [0.3, 0.4) is 0 Å². The zero-order chi connectivity index (χ0) is 11.7. The van der Waals surface area contributed by atoms with E-state index < -0.39 is 0 Å². The van der Waals surface area contributed by atoms with Gasteiger partial charge in [0.2, 0.25) is 5.89 Å². The highest BCUT2D eigenvalue weighted by Gasteiger charge is 2.35. The summed E-state index contributed by atoms with van der Waals surface area (Å²) in [6.07, 6.45) is 4.51. The molecular weight excluding hydrogens is 254 g/mol. The molecule has 2 saturated heterocycles. The van der Waals surface area contributed by atoms with Crippen molar-refractivity contribution in [3.05, 3.63) is 11.7 Å². The predicted octanol–water partition coefficient (Wildman–Crippen LogP) is 1.98. The second-order valence-electron chi connectivity index (χ2n) is 5.23. The van der Waals surface area contributed by atoms with E-state index in [1.165, 1.54) is 12.8 Å². The van der Waals surface area contributed by atoms with E-state index in [2.05, 4.69) is 22.4 Å². The lowest BCUT2D eigenvalue weighted by Gasteiger charge is -2.31. The van der Waals surface area contributed by atoms with Gasteiger partial charge in [-0.2, -0.15) is 4.98 Å². The third kappa shape index (κ3) is 2.53. The third-order valence-corrected chi connectivity index (χ3v) is 3.83. The Hall–Kier alpha value is -0.650. The zero-order valence-corrected chi connectivity index (χ0v) is 11.5. The summed E-state index contributed by atoms with van der Waals surface area (Å²) in [5, 5.41) is 7.60. The van der Waals surface area contributed by atoms with E-state index in [9.17, 15) is 0 Å². The summed E-state index contributed by atoms with van der Waals surface area (Å²) < 4.78 is 10.8. The number of hydrogen-bond donors (Lipinski definition) is 1. The zero-order valence-electron chi connectivity index (χ0n) is 10.6. The fraction of sp³-hybridized carbons (Fsp3) is 0.833. The van der Waals surface area contributed by atoms with Crippen LogP contribution in [0.25, 0.3) is 0 Å². The number of rotatable bonds is 2. The van der Waals surface area contributed by atoms with Gasteiger partial charge in [0.1, 0.15) is 0 Å². The maximum atomic E-state index is 5.44. The molecule has 1 N–H and O–H groups in total. The Morgan fingerprint density at radius 1 is 1.39 bits per heavy atom. The number of ether oxygens (including phenoxy) is 1. The van der Waals surface area contributed by atoms with Gasteiger partial charge in [0, 0.05) is 12.5 Å². The minimum Gasteiger partial charge on any atom is -0.381 e. The van der Waals surface area contributed by atoms with Crippen molar-refractivity contribution in [1.29, 1.82) is 0 Å². The largest absolute Gasteiger partial charge is 0.381 e. The molecular formula is C12H20ClN3O2. The SMILES string of the molecule is CC1(c2nc(C3CCOC3)no2)CCCCN1.Cl. The van der Waals surface area contributed by atoms with E-state index in [0.717, 1.165) is 44.3 Å². The summed E-state index contributed by atoms with van der Waals surface area (Å²) in [4.78, 5) is 4.57. The highest BCUT2D eigenvalue weighted by atomic mass is 35.5. The van der Waals surface area contributed by atoms with Gasteiger partial charge in [-0.1, -0.05) is 5.16 Å². The van der Waals surface area contributed by atoms with Crippen LogP contribution in [-0.4, -0.2) is 29.9 Å². The van der Waals surface area contributed by atoms with Gasteiger partial charge < -0.3 is 14.6 Å². The van der Waals surface area contributed by atoms with Crippen molar-refractivity contribution in [2.75, 3.05) is 19.8 Å². The average Bonchev–Trinajstić information content (AvgIpc) is 3.01. The van der Waals surface area contributed by atoms with Crippen LogP contribution in [-0.2, 0) is 10.3 Å². The van der Waals surface area contributed by atoms with Crippen molar-refractivity contribution in [1.82, 2.24) is 15.5 Å². The van der Waals surface area contributed by atoms with Crippen molar-refractivity contribution in [3.8, 4) is 0 Å². The molecule has 2 aliphatic heterocycles. The fourth-order valence-electron chi connectivity index (χ4n) is 2.60. The molecule has 0 saturated carbocycles. The van der Waals surface area contributed by atoms with Crippen molar-refractivity contribution in [2.45, 2.75) is 44.1 Å². The second-order valence-corrected chi connectivity index (χ2v) is 5.23. The maximum absolute atomic E-state index is 5.44. The van der Waals surface area contributed by atoms with Gasteiger partial charge in [0.25, 0.3) is 0 Å². The Kier molecular flexibility index (Phi) is 4.25. The minimum absolute atomic E-state index is 0. The minimum atomic E-state index is -0.136. The summed E-state index contributed by atoms with van der Waals surface area (Å²) >= 11 is 0. The van der Waals surface area contributed by atoms with Gasteiger partial charge in [-0.3, -0.25) is 0 Å². The summed E-state index contributed by atoms with van der Waals surface area (Å²) in [6.45, 7) is 4.71. The van der Waals surface area contributed by atoms with Crippen LogP contribution >= 0.6 is 12.4 Å². The molecule has 0 spiro atoms. The molecule has 102 valence electrons. The Labute approximate surface area is 113 Å². The number of nitrogens with zero attached hydrogens (tertiary/aromatic N) is 2. The molecule has 2 fully saturated rings. The predicted molar refractivity (Wildman–Crippen MR) is 68.9 cm³/mol. The van der Waals surface area contributed by atoms with Gasteiger partial charge in [0.15, 0.2) is 5.82 Å². The van der Waals surface area contributed by atoms with Crippen LogP contribution in [0.4, 0.5) is 0 Å². The van der Waals surface area contributed by atoms with E-state index in [1.54, 1.807) is 0 Å². The lowest BCUT2D eigenvalue weighted by molar-refractivity contribution is 0.192. The van der Waals surface area contributed by atoms with Gasteiger partial charge >= 0.3 is 0 Å². The Morgan fingerprint density at radius 3 is 2.94 bits per heavy atom. The van der Waals surface area contributed by atoms with Gasteiger partial charge in [-0.05, 0) is 39.2 Å². The molecule has 3 heterocycles. The van der Waals surface area contributed by atoms with Crippen LogP contribution in [0, 0.1) is 0 Å². The van der Waals surface area contributed by atoms with Crippen LogP contribution in [0.2, 0.25) is 0 Å². The molecule has 2 unspecified atom stereocenters. The summed E-state index contributed by atoms with van der Waals surface area (Å²) in [5.41, 5.74) is -0.136. The van der Waals surface area contributed by atoms with E-state index in [-0.39, 0.29) is 17.9 Å². The van der Waals surface area contributed by atoms with Crippen molar-refractivity contribution in [2.24, 2.45) is 0 Å². The summed E-state index contributed by atoms with van der Waals surface area (Å²) in [7, 11) is 0. The average molecular weight is 274 g/mol. The molecule has 2 aliphatic rings. The number of aromatic nitrogens is 2. The highest BCUT2D eigenvalue weighted by molar-refractivity contribution is 5.85. The lowest BCUT2D eigenvalue weighted by atomic mass is 9.91. The number of nitrogens with one attached hydrogen (secondary N) is 1. The fourth-order valence-corrected chi connectivity index (χ4v) is 2.60. The smallest absolute Gasteiger partial charge is 0.246 e. The summed E-state index contributed by atoms with van der Waals surface area (Å²) in [6, 6.07) is 0.